The number of rotatable bonds is 6. The van der Waals surface area contributed by atoms with E-state index >= 15 is 0 Å². The van der Waals surface area contributed by atoms with Crippen molar-refractivity contribution in [2.45, 2.75) is 37.3 Å². The summed E-state index contributed by atoms with van der Waals surface area (Å²) in [6.07, 6.45) is 4.10. The lowest BCUT2D eigenvalue weighted by atomic mass is 9.97. The summed E-state index contributed by atoms with van der Waals surface area (Å²) in [7, 11) is 0. The number of fused-ring (bicyclic) bond motifs is 3. The predicted octanol–water partition coefficient (Wildman–Crippen LogP) is 3.59. The fourth-order valence-corrected chi connectivity index (χ4v) is 5.71. The number of amides is 1. The number of nitrogens with zero attached hydrogens (tertiary/aromatic N) is 3. The van der Waals surface area contributed by atoms with Crippen molar-refractivity contribution in [3.63, 3.8) is 0 Å². The number of thioether (sulfide) groups is 1. The number of halogens is 1. The van der Waals surface area contributed by atoms with Gasteiger partial charge in [-0.25, -0.2) is 9.37 Å². The first-order chi connectivity index (χ1) is 14.6. The number of aryl methyl sites for hydroxylation is 2. The molecule has 1 aromatic carbocycles. The summed E-state index contributed by atoms with van der Waals surface area (Å²) in [6, 6.07) is 8.05. The Hall–Kier alpha value is -2.70. The van der Waals surface area contributed by atoms with Crippen LogP contribution in [0, 0.1) is 17.1 Å². The lowest BCUT2D eigenvalue weighted by molar-refractivity contribution is -0.118. The highest BCUT2D eigenvalue weighted by Gasteiger charge is 2.24. The molecule has 4 rings (SSSR count). The van der Waals surface area contributed by atoms with E-state index in [0.717, 1.165) is 43.0 Å². The SMILES string of the molecule is N#CCCNC(=O)CSc1nc2sc3c(c2c(=O)n1-c1ccccc1F)CCCC3. The van der Waals surface area contributed by atoms with Gasteiger partial charge in [0.15, 0.2) is 5.16 Å². The van der Waals surface area contributed by atoms with Gasteiger partial charge in [-0.3, -0.25) is 14.2 Å². The maximum Gasteiger partial charge on any atom is 0.267 e. The lowest BCUT2D eigenvalue weighted by Crippen LogP contribution is -2.27. The molecule has 1 aliphatic carbocycles. The van der Waals surface area contributed by atoms with Crippen molar-refractivity contribution in [3.05, 3.63) is 50.9 Å². The van der Waals surface area contributed by atoms with Gasteiger partial charge >= 0.3 is 0 Å². The number of para-hydroxylation sites is 1. The van der Waals surface area contributed by atoms with Crippen molar-refractivity contribution in [2.75, 3.05) is 12.3 Å². The highest BCUT2D eigenvalue weighted by atomic mass is 32.2. The topological polar surface area (TPSA) is 87.8 Å². The molecule has 0 saturated heterocycles. The minimum atomic E-state index is -0.523. The van der Waals surface area contributed by atoms with E-state index in [4.69, 9.17) is 5.26 Å². The molecule has 30 heavy (non-hydrogen) atoms. The van der Waals surface area contributed by atoms with Gasteiger partial charge in [-0.1, -0.05) is 23.9 Å². The highest BCUT2D eigenvalue weighted by Crippen LogP contribution is 2.35. The van der Waals surface area contributed by atoms with Gasteiger partial charge in [-0.05, 0) is 43.4 Å². The second kappa shape index (κ2) is 8.98. The quantitative estimate of drug-likeness (QED) is 0.358. The third-order valence-electron chi connectivity index (χ3n) is 4.94. The van der Waals surface area contributed by atoms with Gasteiger partial charge < -0.3 is 5.32 Å². The van der Waals surface area contributed by atoms with Crippen molar-refractivity contribution in [1.82, 2.24) is 14.9 Å². The van der Waals surface area contributed by atoms with Crippen molar-refractivity contribution >= 4 is 39.2 Å². The normalized spacial score (nSPS) is 13.1. The molecule has 6 nitrogen and oxygen atoms in total. The molecule has 0 radical (unpaired) electrons. The summed E-state index contributed by atoms with van der Waals surface area (Å²) in [5.74, 6) is -0.775. The molecule has 0 fully saturated rings. The maximum absolute atomic E-state index is 14.6. The van der Waals surface area contributed by atoms with Crippen LogP contribution in [0.3, 0.4) is 0 Å². The van der Waals surface area contributed by atoms with E-state index in [0.29, 0.717) is 10.2 Å². The zero-order chi connectivity index (χ0) is 21.1. The van der Waals surface area contributed by atoms with E-state index in [9.17, 15) is 14.0 Å². The number of nitriles is 1. The van der Waals surface area contributed by atoms with Crippen molar-refractivity contribution in [2.24, 2.45) is 0 Å². The summed E-state index contributed by atoms with van der Waals surface area (Å²) >= 11 is 2.61. The van der Waals surface area contributed by atoms with Crippen molar-refractivity contribution in [1.29, 1.82) is 5.26 Å². The number of hydrogen-bond donors (Lipinski definition) is 1. The molecule has 0 unspecified atom stereocenters. The molecular formula is C21H19FN4O2S2. The van der Waals surface area contributed by atoms with Crippen LogP contribution in [0.25, 0.3) is 15.9 Å². The van der Waals surface area contributed by atoms with Gasteiger partial charge in [-0.15, -0.1) is 11.3 Å². The van der Waals surface area contributed by atoms with Crippen LogP contribution in [0.5, 0.6) is 0 Å². The molecule has 0 atom stereocenters. The van der Waals surface area contributed by atoms with Gasteiger partial charge in [0, 0.05) is 11.4 Å². The number of carbonyl (C=O) groups is 1. The van der Waals surface area contributed by atoms with Gasteiger partial charge in [0.2, 0.25) is 5.91 Å². The van der Waals surface area contributed by atoms with Crippen LogP contribution in [-0.4, -0.2) is 27.8 Å². The van der Waals surface area contributed by atoms with Crippen LogP contribution in [0.1, 0.15) is 29.7 Å². The van der Waals surface area contributed by atoms with E-state index in [-0.39, 0.29) is 41.0 Å². The molecule has 0 bridgehead atoms. The number of aromatic nitrogens is 2. The van der Waals surface area contributed by atoms with Crippen LogP contribution in [0.2, 0.25) is 0 Å². The summed E-state index contributed by atoms with van der Waals surface area (Å²) in [5.41, 5.74) is 0.867. The molecule has 2 aromatic heterocycles. The Morgan fingerprint density at radius 1 is 1.33 bits per heavy atom. The summed E-state index contributed by atoms with van der Waals surface area (Å²) < 4.78 is 15.9. The fourth-order valence-electron chi connectivity index (χ4n) is 3.57. The molecule has 0 spiro atoms. The number of carbonyl (C=O) groups excluding carboxylic acids is 1. The number of hydrogen-bond acceptors (Lipinski definition) is 6. The average Bonchev–Trinajstić information content (AvgIpc) is 3.12. The average molecular weight is 443 g/mol. The molecular weight excluding hydrogens is 423 g/mol. The van der Waals surface area contributed by atoms with Gasteiger partial charge in [-0.2, -0.15) is 5.26 Å². The fraction of sp³-hybridized carbons (Fsp3) is 0.333. The predicted molar refractivity (Wildman–Crippen MR) is 116 cm³/mol. The van der Waals surface area contributed by atoms with E-state index in [1.165, 1.54) is 26.8 Å². The minimum Gasteiger partial charge on any atom is -0.354 e. The van der Waals surface area contributed by atoms with E-state index in [2.05, 4.69) is 10.3 Å². The summed E-state index contributed by atoms with van der Waals surface area (Å²) in [6.45, 7) is 0.264. The molecule has 1 N–H and O–H groups in total. The third-order valence-corrected chi connectivity index (χ3v) is 7.07. The molecule has 1 amide bonds. The van der Waals surface area contributed by atoms with E-state index in [1.54, 1.807) is 18.2 Å². The lowest BCUT2D eigenvalue weighted by Gasteiger charge is -2.14. The Morgan fingerprint density at radius 2 is 2.13 bits per heavy atom. The Kier molecular flexibility index (Phi) is 6.16. The van der Waals surface area contributed by atoms with Crippen LogP contribution >= 0.6 is 23.1 Å². The standard InChI is InChI=1S/C21H19FN4O2S2/c22-14-7-2-3-8-15(14)26-20(28)18-13-6-1-4-9-16(13)30-19(18)25-21(26)29-12-17(27)24-11-5-10-23/h2-3,7-8H,1,4-6,9,11-12H2,(H,24,27). The summed E-state index contributed by atoms with van der Waals surface area (Å²) in [5, 5.41) is 12.1. The largest absolute Gasteiger partial charge is 0.354 e. The zero-order valence-corrected chi connectivity index (χ0v) is 17.7. The third kappa shape index (κ3) is 3.98. The van der Waals surface area contributed by atoms with Gasteiger partial charge in [0.25, 0.3) is 5.56 Å². The Balaban J connectivity index is 1.79. The highest BCUT2D eigenvalue weighted by molar-refractivity contribution is 7.99. The van der Waals surface area contributed by atoms with Gasteiger partial charge in [0.1, 0.15) is 10.6 Å². The number of nitrogens with one attached hydrogen (secondary N) is 1. The van der Waals surface area contributed by atoms with Crippen molar-refractivity contribution in [3.8, 4) is 11.8 Å². The molecule has 154 valence electrons. The Morgan fingerprint density at radius 3 is 2.93 bits per heavy atom. The molecule has 1 aliphatic rings. The maximum atomic E-state index is 14.6. The molecule has 0 saturated carbocycles. The number of benzene rings is 1. The first-order valence-corrected chi connectivity index (χ1v) is 11.5. The second-order valence-corrected chi connectivity index (χ2v) is 8.95. The van der Waals surface area contributed by atoms with E-state index in [1.807, 2.05) is 6.07 Å². The van der Waals surface area contributed by atoms with E-state index < -0.39 is 5.82 Å². The van der Waals surface area contributed by atoms with Gasteiger partial charge in [0.05, 0.1) is 29.3 Å². The Labute approximate surface area is 180 Å². The summed E-state index contributed by atoms with van der Waals surface area (Å²) in [4.78, 5) is 32.1. The van der Waals surface area contributed by atoms with Crippen molar-refractivity contribution < 1.29 is 9.18 Å². The number of thiophene rings is 1. The molecule has 0 aliphatic heterocycles. The van der Waals surface area contributed by atoms with Crippen LogP contribution in [0.4, 0.5) is 4.39 Å². The molecule has 9 heteroatoms. The van der Waals surface area contributed by atoms with Crippen LogP contribution < -0.4 is 10.9 Å². The minimum absolute atomic E-state index is 0.0168. The monoisotopic (exact) mass is 442 g/mol. The molecule has 2 heterocycles. The zero-order valence-electron chi connectivity index (χ0n) is 16.1. The van der Waals surface area contributed by atoms with Crippen LogP contribution in [0.15, 0.2) is 34.2 Å². The van der Waals surface area contributed by atoms with Crippen LogP contribution in [-0.2, 0) is 17.6 Å². The first kappa shape index (κ1) is 20.6. The first-order valence-electron chi connectivity index (χ1n) is 9.69. The molecule has 3 aromatic rings. The Bertz CT molecular complexity index is 1210. The second-order valence-electron chi connectivity index (χ2n) is 6.92. The smallest absolute Gasteiger partial charge is 0.267 e.